The number of rotatable bonds is 6. The van der Waals surface area contributed by atoms with E-state index in [9.17, 15) is 0 Å². The van der Waals surface area contributed by atoms with E-state index in [1.54, 1.807) is 7.11 Å². The Morgan fingerprint density at radius 1 is 1.09 bits per heavy atom. The van der Waals surface area contributed by atoms with E-state index < -0.39 is 0 Å². The molecular weight excluding hydrogens is 290 g/mol. The van der Waals surface area contributed by atoms with E-state index in [4.69, 9.17) is 14.5 Å². The fourth-order valence-corrected chi connectivity index (χ4v) is 3.64. The first-order valence-corrected chi connectivity index (χ1v) is 9.00. The second-order valence-corrected chi connectivity index (χ2v) is 6.63. The van der Waals surface area contributed by atoms with Crippen LogP contribution in [0.1, 0.15) is 49.2 Å². The number of ether oxygens (including phenoxy) is 2. The lowest BCUT2D eigenvalue weighted by atomic mass is 9.95. The molecule has 0 N–H and O–H groups in total. The molecule has 1 aliphatic carbocycles. The van der Waals surface area contributed by atoms with Gasteiger partial charge in [-0.3, -0.25) is 0 Å². The Labute approximate surface area is 139 Å². The number of aromatic nitrogens is 2. The van der Waals surface area contributed by atoms with E-state index in [1.165, 1.54) is 29.9 Å². The summed E-state index contributed by atoms with van der Waals surface area (Å²) in [5.41, 5.74) is 2.69. The summed E-state index contributed by atoms with van der Waals surface area (Å²) in [7, 11) is 1.74. The molecule has 0 saturated carbocycles. The number of methoxy groups -OCH3 is 1. The Kier molecular flexibility index (Phi) is 5.84. The highest BCUT2D eigenvalue weighted by atomic mass is 16.5. The van der Waals surface area contributed by atoms with Gasteiger partial charge >= 0.3 is 0 Å². The molecule has 0 aromatic carbocycles. The smallest absolute Gasteiger partial charge is 0.135 e. The number of anilines is 1. The molecule has 23 heavy (non-hydrogen) atoms. The Hall–Kier alpha value is -1.20. The van der Waals surface area contributed by atoms with Gasteiger partial charge in [0, 0.05) is 44.7 Å². The monoisotopic (exact) mass is 319 g/mol. The van der Waals surface area contributed by atoms with Crippen molar-refractivity contribution in [2.75, 3.05) is 38.3 Å². The summed E-state index contributed by atoms with van der Waals surface area (Å²) in [6, 6.07) is 0. The number of hydrogen-bond donors (Lipinski definition) is 0. The summed E-state index contributed by atoms with van der Waals surface area (Å²) in [6.07, 6.45) is 8.33. The minimum absolute atomic E-state index is 0.391. The van der Waals surface area contributed by atoms with Crippen LogP contribution < -0.4 is 4.90 Å². The summed E-state index contributed by atoms with van der Waals surface area (Å²) >= 11 is 0. The van der Waals surface area contributed by atoms with Gasteiger partial charge in [-0.2, -0.15) is 0 Å². The van der Waals surface area contributed by atoms with Crippen LogP contribution in [0.15, 0.2) is 0 Å². The fourth-order valence-electron chi connectivity index (χ4n) is 3.64. The van der Waals surface area contributed by atoms with Crippen molar-refractivity contribution in [2.45, 2.75) is 58.0 Å². The van der Waals surface area contributed by atoms with Crippen molar-refractivity contribution in [3.63, 3.8) is 0 Å². The molecule has 1 aromatic rings. The average molecular weight is 319 g/mol. The van der Waals surface area contributed by atoms with Crippen LogP contribution in [-0.4, -0.2) is 49.5 Å². The van der Waals surface area contributed by atoms with Gasteiger partial charge < -0.3 is 14.4 Å². The van der Waals surface area contributed by atoms with Crippen molar-refractivity contribution < 1.29 is 9.47 Å². The maximum atomic E-state index is 5.97. The summed E-state index contributed by atoms with van der Waals surface area (Å²) in [6.45, 7) is 5.69. The number of nitrogens with zero attached hydrogens (tertiary/aromatic N) is 3. The standard InChI is InChI=1S/C18H29N3O2/c1-14-19-17-7-4-3-6-16(17)18(20-14)21-10-8-15(9-11-21)23-13-5-12-22-2/h15H,3-13H2,1-2H3. The van der Waals surface area contributed by atoms with Crippen molar-refractivity contribution in [2.24, 2.45) is 0 Å². The predicted octanol–water partition coefficient (Wildman–Crippen LogP) is 2.69. The van der Waals surface area contributed by atoms with Crippen molar-refractivity contribution in [1.29, 1.82) is 0 Å². The summed E-state index contributed by atoms with van der Waals surface area (Å²) in [5, 5.41) is 0. The Morgan fingerprint density at radius 3 is 2.65 bits per heavy atom. The van der Waals surface area contributed by atoms with Gasteiger partial charge in [0.25, 0.3) is 0 Å². The van der Waals surface area contributed by atoms with Gasteiger partial charge in [-0.05, 0) is 51.9 Å². The zero-order valence-electron chi connectivity index (χ0n) is 14.5. The van der Waals surface area contributed by atoms with Crippen LogP contribution in [0.3, 0.4) is 0 Å². The van der Waals surface area contributed by atoms with Gasteiger partial charge in [-0.15, -0.1) is 0 Å². The van der Waals surface area contributed by atoms with Crippen LogP contribution in [0.2, 0.25) is 0 Å². The Balaban J connectivity index is 1.58. The molecule has 0 spiro atoms. The molecule has 0 radical (unpaired) electrons. The predicted molar refractivity (Wildman–Crippen MR) is 91.1 cm³/mol. The summed E-state index contributed by atoms with van der Waals surface area (Å²) in [4.78, 5) is 11.9. The molecule has 0 amide bonds. The van der Waals surface area contributed by atoms with Crippen molar-refractivity contribution in [3.05, 3.63) is 17.1 Å². The molecule has 5 heteroatoms. The summed E-state index contributed by atoms with van der Waals surface area (Å²) < 4.78 is 11.0. The lowest BCUT2D eigenvalue weighted by molar-refractivity contribution is 0.0257. The highest BCUT2D eigenvalue weighted by molar-refractivity contribution is 5.50. The fraction of sp³-hybridized carbons (Fsp3) is 0.778. The minimum atomic E-state index is 0.391. The van der Waals surface area contributed by atoms with Gasteiger partial charge in [0.1, 0.15) is 11.6 Å². The van der Waals surface area contributed by atoms with Crippen LogP contribution in [0.5, 0.6) is 0 Å². The topological polar surface area (TPSA) is 47.5 Å². The highest BCUT2D eigenvalue weighted by Gasteiger charge is 2.25. The Bertz CT molecular complexity index is 513. The summed E-state index contributed by atoms with van der Waals surface area (Å²) in [5.74, 6) is 2.11. The minimum Gasteiger partial charge on any atom is -0.385 e. The van der Waals surface area contributed by atoms with Crippen molar-refractivity contribution in [3.8, 4) is 0 Å². The van der Waals surface area contributed by atoms with Gasteiger partial charge in [0.15, 0.2) is 0 Å². The first kappa shape index (κ1) is 16.7. The van der Waals surface area contributed by atoms with E-state index in [-0.39, 0.29) is 0 Å². The third kappa shape index (κ3) is 4.21. The zero-order chi connectivity index (χ0) is 16.1. The normalized spacial score (nSPS) is 19.0. The molecular formula is C18H29N3O2. The van der Waals surface area contributed by atoms with Gasteiger partial charge in [-0.1, -0.05) is 0 Å². The maximum Gasteiger partial charge on any atom is 0.135 e. The molecule has 5 nitrogen and oxygen atoms in total. The van der Waals surface area contributed by atoms with E-state index in [2.05, 4.69) is 9.88 Å². The zero-order valence-corrected chi connectivity index (χ0v) is 14.5. The van der Waals surface area contributed by atoms with Crippen LogP contribution in [0, 0.1) is 6.92 Å². The van der Waals surface area contributed by atoms with E-state index in [1.807, 2.05) is 6.92 Å². The van der Waals surface area contributed by atoms with Crippen LogP contribution in [0.4, 0.5) is 5.82 Å². The molecule has 1 fully saturated rings. The lowest BCUT2D eigenvalue weighted by Gasteiger charge is -2.35. The largest absolute Gasteiger partial charge is 0.385 e. The first-order chi connectivity index (χ1) is 11.3. The molecule has 0 atom stereocenters. The average Bonchev–Trinajstić information content (AvgIpc) is 2.58. The van der Waals surface area contributed by atoms with Gasteiger partial charge in [0.05, 0.1) is 6.10 Å². The lowest BCUT2D eigenvalue weighted by Crippen LogP contribution is -2.38. The third-order valence-corrected chi connectivity index (χ3v) is 4.86. The molecule has 2 aliphatic rings. The molecule has 2 heterocycles. The number of aryl methyl sites for hydroxylation is 2. The number of fused-ring (bicyclic) bond motifs is 1. The number of piperidine rings is 1. The van der Waals surface area contributed by atoms with Crippen molar-refractivity contribution >= 4 is 5.82 Å². The molecule has 128 valence electrons. The second kappa shape index (κ2) is 8.06. The van der Waals surface area contributed by atoms with E-state index in [0.717, 1.165) is 64.2 Å². The third-order valence-electron chi connectivity index (χ3n) is 4.86. The first-order valence-electron chi connectivity index (χ1n) is 9.00. The van der Waals surface area contributed by atoms with Crippen molar-refractivity contribution in [1.82, 2.24) is 9.97 Å². The van der Waals surface area contributed by atoms with Crippen LogP contribution >= 0.6 is 0 Å². The highest BCUT2D eigenvalue weighted by Crippen LogP contribution is 2.30. The maximum absolute atomic E-state index is 5.97. The van der Waals surface area contributed by atoms with Gasteiger partial charge in [0.2, 0.25) is 0 Å². The molecule has 3 rings (SSSR count). The van der Waals surface area contributed by atoms with Crippen LogP contribution in [0.25, 0.3) is 0 Å². The Morgan fingerprint density at radius 2 is 1.87 bits per heavy atom. The van der Waals surface area contributed by atoms with Crippen LogP contribution in [-0.2, 0) is 22.3 Å². The molecule has 1 aromatic heterocycles. The number of hydrogen-bond acceptors (Lipinski definition) is 5. The van der Waals surface area contributed by atoms with Gasteiger partial charge in [-0.25, -0.2) is 9.97 Å². The molecule has 0 unspecified atom stereocenters. The van der Waals surface area contributed by atoms with E-state index in [0.29, 0.717) is 6.10 Å². The van der Waals surface area contributed by atoms with E-state index >= 15 is 0 Å². The quantitative estimate of drug-likeness (QED) is 0.755. The molecule has 1 aliphatic heterocycles. The second-order valence-electron chi connectivity index (χ2n) is 6.63. The molecule has 1 saturated heterocycles. The SMILES string of the molecule is COCCCOC1CCN(c2nc(C)nc3c2CCCC3)CC1. The molecule has 0 bridgehead atoms.